The molecule has 1 aliphatic rings. The smallest absolute Gasteiger partial charge is 0.0445 e. The summed E-state index contributed by atoms with van der Waals surface area (Å²) in [5.74, 6) is 1.33. The maximum atomic E-state index is 9.22. The highest BCUT2D eigenvalue weighted by molar-refractivity contribution is 5.25. The Labute approximate surface area is 117 Å². The largest absolute Gasteiger partial charge is 0.396 e. The first kappa shape index (κ1) is 14.5. The molecule has 2 atom stereocenters. The van der Waals surface area contributed by atoms with Crippen LogP contribution in [0.5, 0.6) is 0 Å². The molecular formula is C17H27NO. The SMILES string of the molecule is Cc1ccc(C(NC(CCO)C(C)C)C2CC2)cc1. The van der Waals surface area contributed by atoms with Crippen molar-refractivity contribution in [2.45, 2.75) is 52.1 Å². The fourth-order valence-electron chi connectivity index (χ4n) is 2.69. The Hall–Kier alpha value is -0.860. The van der Waals surface area contributed by atoms with Crippen LogP contribution in [0.25, 0.3) is 0 Å². The minimum absolute atomic E-state index is 0.265. The van der Waals surface area contributed by atoms with Crippen molar-refractivity contribution in [1.29, 1.82) is 0 Å². The number of aliphatic hydroxyl groups is 1. The van der Waals surface area contributed by atoms with Gasteiger partial charge in [0.05, 0.1) is 0 Å². The van der Waals surface area contributed by atoms with Crippen LogP contribution in [0.1, 0.15) is 50.3 Å². The van der Waals surface area contributed by atoms with E-state index in [1.807, 2.05) is 0 Å². The maximum Gasteiger partial charge on any atom is 0.0445 e. The summed E-state index contributed by atoms with van der Waals surface area (Å²) in [5, 5.41) is 13.0. The van der Waals surface area contributed by atoms with Crippen LogP contribution in [0.3, 0.4) is 0 Å². The molecule has 1 saturated carbocycles. The zero-order chi connectivity index (χ0) is 13.8. The summed E-state index contributed by atoms with van der Waals surface area (Å²) in [6, 6.07) is 9.76. The molecule has 0 heterocycles. The molecule has 0 spiro atoms. The standard InChI is InChI=1S/C17H27NO/c1-12(2)16(10-11-19)18-17(15-8-9-15)14-6-4-13(3)5-7-14/h4-7,12,15-19H,8-11H2,1-3H3. The van der Waals surface area contributed by atoms with Crippen molar-refractivity contribution in [2.24, 2.45) is 11.8 Å². The van der Waals surface area contributed by atoms with E-state index in [0.29, 0.717) is 18.0 Å². The van der Waals surface area contributed by atoms with Crippen molar-refractivity contribution in [3.8, 4) is 0 Å². The zero-order valence-electron chi connectivity index (χ0n) is 12.4. The van der Waals surface area contributed by atoms with Gasteiger partial charge in [0.2, 0.25) is 0 Å². The molecule has 0 bridgehead atoms. The molecule has 1 aromatic carbocycles. The molecule has 2 N–H and O–H groups in total. The fourth-order valence-corrected chi connectivity index (χ4v) is 2.69. The monoisotopic (exact) mass is 261 g/mol. The predicted molar refractivity (Wildman–Crippen MR) is 80.1 cm³/mol. The number of hydrogen-bond acceptors (Lipinski definition) is 2. The van der Waals surface area contributed by atoms with Gasteiger partial charge in [-0.05, 0) is 43.6 Å². The summed E-state index contributed by atoms with van der Waals surface area (Å²) in [6.45, 7) is 6.85. The molecule has 0 aromatic heterocycles. The van der Waals surface area contributed by atoms with Gasteiger partial charge in [0.15, 0.2) is 0 Å². The van der Waals surface area contributed by atoms with Gasteiger partial charge in [-0.25, -0.2) is 0 Å². The lowest BCUT2D eigenvalue weighted by Crippen LogP contribution is -2.38. The second kappa shape index (κ2) is 6.53. The van der Waals surface area contributed by atoms with E-state index in [9.17, 15) is 5.11 Å². The first-order chi connectivity index (χ1) is 9.11. The maximum absolute atomic E-state index is 9.22. The molecule has 1 aromatic rings. The lowest BCUT2D eigenvalue weighted by Gasteiger charge is -2.28. The van der Waals surface area contributed by atoms with E-state index in [1.165, 1.54) is 24.0 Å². The van der Waals surface area contributed by atoms with E-state index < -0.39 is 0 Å². The number of aliphatic hydroxyl groups excluding tert-OH is 1. The number of aryl methyl sites for hydroxylation is 1. The molecule has 2 rings (SSSR count). The lowest BCUT2D eigenvalue weighted by molar-refractivity contribution is 0.230. The number of rotatable bonds is 7. The summed E-state index contributed by atoms with van der Waals surface area (Å²) in [7, 11) is 0. The van der Waals surface area contributed by atoms with E-state index in [2.05, 4.69) is 50.4 Å². The molecule has 106 valence electrons. The van der Waals surface area contributed by atoms with E-state index >= 15 is 0 Å². The van der Waals surface area contributed by atoms with Gasteiger partial charge in [0.1, 0.15) is 0 Å². The predicted octanol–water partition coefficient (Wildman–Crippen LogP) is 3.44. The third kappa shape index (κ3) is 4.05. The number of benzene rings is 1. The van der Waals surface area contributed by atoms with Crippen molar-refractivity contribution in [1.82, 2.24) is 5.32 Å². The van der Waals surface area contributed by atoms with Gasteiger partial charge in [-0.2, -0.15) is 0 Å². The average molecular weight is 261 g/mol. The molecule has 0 aliphatic heterocycles. The van der Waals surface area contributed by atoms with Crippen LogP contribution in [-0.2, 0) is 0 Å². The molecule has 1 fully saturated rings. The van der Waals surface area contributed by atoms with E-state index in [-0.39, 0.29) is 6.61 Å². The molecule has 2 heteroatoms. The average Bonchev–Trinajstić information content (AvgIpc) is 3.20. The van der Waals surface area contributed by atoms with Gasteiger partial charge in [-0.1, -0.05) is 43.7 Å². The van der Waals surface area contributed by atoms with Gasteiger partial charge in [0, 0.05) is 18.7 Å². The van der Waals surface area contributed by atoms with Crippen LogP contribution in [0.4, 0.5) is 0 Å². The van der Waals surface area contributed by atoms with Crippen molar-refractivity contribution < 1.29 is 5.11 Å². The summed E-state index contributed by atoms with van der Waals surface area (Å²) in [5.41, 5.74) is 2.71. The summed E-state index contributed by atoms with van der Waals surface area (Å²) >= 11 is 0. The van der Waals surface area contributed by atoms with E-state index in [0.717, 1.165) is 12.3 Å². The topological polar surface area (TPSA) is 32.3 Å². The van der Waals surface area contributed by atoms with Crippen LogP contribution in [-0.4, -0.2) is 17.8 Å². The van der Waals surface area contributed by atoms with Crippen LogP contribution in [0.15, 0.2) is 24.3 Å². The summed E-state index contributed by atoms with van der Waals surface area (Å²) < 4.78 is 0. The second-order valence-corrected chi connectivity index (χ2v) is 6.26. The Morgan fingerprint density at radius 1 is 1.21 bits per heavy atom. The van der Waals surface area contributed by atoms with Crippen LogP contribution < -0.4 is 5.32 Å². The molecule has 0 saturated heterocycles. The first-order valence-corrected chi connectivity index (χ1v) is 7.55. The van der Waals surface area contributed by atoms with Crippen molar-refractivity contribution in [2.75, 3.05) is 6.61 Å². The minimum atomic E-state index is 0.265. The molecule has 2 unspecified atom stereocenters. The Bertz CT molecular complexity index is 381. The van der Waals surface area contributed by atoms with Gasteiger partial charge in [-0.3, -0.25) is 0 Å². The third-order valence-corrected chi connectivity index (χ3v) is 4.17. The van der Waals surface area contributed by atoms with Crippen molar-refractivity contribution >= 4 is 0 Å². The Morgan fingerprint density at radius 2 is 1.84 bits per heavy atom. The van der Waals surface area contributed by atoms with Crippen molar-refractivity contribution in [3.05, 3.63) is 35.4 Å². The minimum Gasteiger partial charge on any atom is -0.396 e. The lowest BCUT2D eigenvalue weighted by atomic mass is 9.95. The van der Waals surface area contributed by atoms with Crippen LogP contribution in [0, 0.1) is 18.8 Å². The molecule has 0 radical (unpaired) electrons. The van der Waals surface area contributed by atoms with E-state index in [4.69, 9.17) is 0 Å². The zero-order valence-corrected chi connectivity index (χ0v) is 12.4. The second-order valence-electron chi connectivity index (χ2n) is 6.26. The van der Waals surface area contributed by atoms with Gasteiger partial charge in [-0.15, -0.1) is 0 Å². The third-order valence-electron chi connectivity index (χ3n) is 4.17. The number of hydrogen-bond donors (Lipinski definition) is 2. The molecule has 2 nitrogen and oxygen atoms in total. The Kier molecular flexibility index (Phi) is 5.00. The molecule has 0 amide bonds. The molecule has 19 heavy (non-hydrogen) atoms. The summed E-state index contributed by atoms with van der Waals surface area (Å²) in [6.07, 6.45) is 3.50. The summed E-state index contributed by atoms with van der Waals surface area (Å²) in [4.78, 5) is 0. The first-order valence-electron chi connectivity index (χ1n) is 7.55. The quantitative estimate of drug-likeness (QED) is 0.788. The fraction of sp³-hybridized carbons (Fsp3) is 0.647. The van der Waals surface area contributed by atoms with Crippen LogP contribution in [0.2, 0.25) is 0 Å². The van der Waals surface area contributed by atoms with E-state index in [1.54, 1.807) is 0 Å². The van der Waals surface area contributed by atoms with Gasteiger partial charge in [0.25, 0.3) is 0 Å². The van der Waals surface area contributed by atoms with Crippen molar-refractivity contribution in [3.63, 3.8) is 0 Å². The van der Waals surface area contributed by atoms with Gasteiger partial charge >= 0.3 is 0 Å². The highest BCUT2D eigenvalue weighted by atomic mass is 16.3. The normalized spacial score (nSPS) is 18.6. The Morgan fingerprint density at radius 3 is 2.32 bits per heavy atom. The molecule has 1 aliphatic carbocycles. The highest BCUT2D eigenvalue weighted by Gasteiger charge is 2.33. The van der Waals surface area contributed by atoms with Crippen LogP contribution >= 0.6 is 0 Å². The Balaban J connectivity index is 2.09. The van der Waals surface area contributed by atoms with Gasteiger partial charge < -0.3 is 10.4 Å². The number of nitrogens with one attached hydrogen (secondary N) is 1. The molecular weight excluding hydrogens is 234 g/mol. The highest BCUT2D eigenvalue weighted by Crippen LogP contribution is 2.41.